The quantitative estimate of drug-likeness (QED) is 0.505. The lowest BCUT2D eigenvalue weighted by atomic mass is 10.1. The van der Waals surface area contributed by atoms with Crippen molar-refractivity contribution < 1.29 is 18.3 Å². The predicted molar refractivity (Wildman–Crippen MR) is 94.0 cm³/mol. The highest BCUT2D eigenvalue weighted by Crippen LogP contribution is 2.27. The maximum Gasteiger partial charge on any atom is 0.364 e. The zero-order valence-electron chi connectivity index (χ0n) is 13.1. The van der Waals surface area contributed by atoms with Crippen molar-refractivity contribution >= 4 is 29.5 Å². The fraction of sp³-hybridized carbons (Fsp3) is 0. The van der Waals surface area contributed by atoms with Crippen molar-refractivity contribution in [3.8, 4) is 11.3 Å². The monoisotopic (exact) mass is 368 g/mol. The van der Waals surface area contributed by atoms with Gasteiger partial charge in [-0.1, -0.05) is 23.7 Å². The molecule has 0 atom stereocenters. The van der Waals surface area contributed by atoms with Crippen LogP contribution >= 0.6 is 11.6 Å². The summed E-state index contributed by atoms with van der Waals surface area (Å²) in [6.45, 7) is 0. The Morgan fingerprint density at radius 3 is 2.77 bits per heavy atom. The van der Waals surface area contributed by atoms with Crippen LogP contribution in [0.3, 0.4) is 0 Å². The third kappa shape index (κ3) is 3.14. The minimum absolute atomic E-state index is 0.0520. The summed E-state index contributed by atoms with van der Waals surface area (Å²) in [5.41, 5.74) is 0.732. The van der Waals surface area contributed by atoms with Crippen LogP contribution in [0.4, 0.5) is 4.39 Å². The Balaban J connectivity index is 1.64. The fourth-order valence-corrected chi connectivity index (χ4v) is 2.57. The Hall–Kier alpha value is -3.25. The maximum absolute atomic E-state index is 13.8. The summed E-state index contributed by atoms with van der Waals surface area (Å²) in [5, 5.41) is 0.451. The molecule has 4 rings (SSSR count). The molecule has 0 saturated carbocycles. The second kappa shape index (κ2) is 6.57. The van der Waals surface area contributed by atoms with Gasteiger partial charge in [-0.05, 0) is 36.4 Å². The fourth-order valence-electron chi connectivity index (χ4n) is 2.41. The first-order chi connectivity index (χ1) is 12.6. The van der Waals surface area contributed by atoms with Gasteiger partial charge in [-0.2, -0.15) is 0 Å². The number of nitrogens with zero attached hydrogens (tertiary/aromatic N) is 2. The average molecular weight is 369 g/mol. The van der Waals surface area contributed by atoms with Crippen LogP contribution < -0.4 is 0 Å². The molecule has 5 nitrogen and oxygen atoms in total. The number of aliphatic imine (C=N–C) groups is 1. The molecule has 0 radical (unpaired) electrons. The molecule has 0 saturated heterocycles. The van der Waals surface area contributed by atoms with E-state index in [1.165, 1.54) is 18.3 Å². The van der Waals surface area contributed by atoms with Crippen molar-refractivity contribution in [1.82, 2.24) is 4.98 Å². The van der Waals surface area contributed by atoms with E-state index in [1.54, 1.807) is 42.5 Å². The molecule has 26 heavy (non-hydrogen) atoms. The molecule has 1 aliphatic heterocycles. The summed E-state index contributed by atoms with van der Waals surface area (Å²) in [4.78, 5) is 20.2. The van der Waals surface area contributed by atoms with Crippen LogP contribution in [0.2, 0.25) is 5.02 Å². The third-order valence-electron chi connectivity index (χ3n) is 3.61. The average Bonchev–Trinajstić information content (AvgIpc) is 3.23. The Bertz CT molecular complexity index is 1070. The van der Waals surface area contributed by atoms with E-state index in [0.29, 0.717) is 27.8 Å². The summed E-state index contributed by atoms with van der Waals surface area (Å²) in [5.74, 6) is -0.273. The molecule has 0 amide bonds. The van der Waals surface area contributed by atoms with Gasteiger partial charge in [0.15, 0.2) is 5.70 Å². The van der Waals surface area contributed by atoms with Crippen molar-refractivity contribution in [2.45, 2.75) is 0 Å². The van der Waals surface area contributed by atoms with E-state index in [2.05, 4.69) is 9.98 Å². The molecule has 0 unspecified atom stereocenters. The number of ether oxygens (including phenoxy) is 1. The molecule has 0 fully saturated rings. The number of rotatable bonds is 3. The van der Waals surface area contributed by atoms with Gasteiger partial charge in [0.2, 0.25) is 5.90 Å². The molecule has 0 aliphatic carbocycles. The summed E-state index contributed by atoms with van der Waals surface area (Å²) in [6.07, 6.45) is 2.91. The number of aromatic nitrogens is 1. The van der Waals surface area contributed by atoms with Crippen molar-refractivity contribution in [3.05, 3.63) is 82.7 Å². The highest BCUT2D eigenvalue weighted by molar-refractivity contribution is 6.31. The molecule has 0 N–H and O–H groups in total. The first-order valence-corrected chi connectivity index (χ1v) is 7.97. The number of furan rings is 1. The van der Waals surface area contributed by atoms with Gasteiger partial charge in [0.1, 0.15) is 23.0 Å². The molecule has 7 heteroatoms. The first kappa shape index (κ1) is 16.2. The molecule has 0 spiro atoms. The molecular formula is C19H10ClFN2O3. The highest BCUT2D eigenvalue weighted by Gasteiger charge is 2.25. The maximum atomic E-state index is 13.8. The van der Waals surface area contributed by atoms with Crippen LogP contribution in [0.25, 0.3) is 17.4 Å². The zero-order valence-corrected chi connectivity index (χ0v) is 13.9. The van der Waals surface area contributed by atoms with E-state index < -0.39 is 11.8 Å². The number of pyridine rings is 1. The van der Waals surface area contributed by atoms with E-state index >= 15 is 0 Å². The van der Waals surface area contributed by atoms with Gasteiger partial charge in [0, 0.05) is 17.3 Å². The zero-order chi connectivity index (χ0) is 18.1. The van der Waals surface area contributed by atoms with E-state index in [1.807, 2.05) is 0 Å². The van der Waals surface area contributed by atoms with E-state index in [4.69, 9.17) is 20.8 Å². The number of carbonyl (C=O) groups is 1. The molecule has 0 bridgehead atoms. The van der Waals surface area contributed by atoms with Gasteiger partial charge in [0.25, 0.3) is 0 Å². The van der Waals surface area contributed by atoms with Crippen molar-refractivity contribution in [3.63, 3.8) is 0 Å². The summed E-state index contributed by atoms with van der Waals surface area (Å²) >= 11 is 5.90. The number of hydrogen-bond donors (Lipinski definition) is 0. The molecular weight excluding hydrogens is 359 g/mol. The minimum Gasteiger partial charge on any atom is -0.457 e. The second-order valence-electron chi connectivity index (χ2n) is 5.38. The lowest BCUT2D eigenvalue weighted by molar-refractivity contribution is -0.129. The van der Waals surface area contributed by atoms with E-state index in [-0.39, 0.29) is 11.6 Å². The summed E-state index contributed by atoms with van der Waals surface area (Å²) in [7, 11) is 0. The number of halogens is 2. The third-order valence-corrected chi connectivity index (χ3v) is 3.84. The van der Waals surface area contributed by atoms with Gasteiger partial charge < -0.3 is 9.15 Å². The smallest absolute Gasteiger partial charge is 0.364 e. The molecule has 2 aromatic heterocycles. The van der Waals surface area contributed by atoms with E-state index in [9.17, 15) is 9.18 Å². The van der Waals surface area contributed by atoms with Crippen molar-refractivity contribution in [1.29, 1.82) is 0 Å². The van der Waals surface area contributed by atoms with Crippen LogP contribution in [0.15, 0.2) is 69.8 Å². The molecule has 3 heterocycles. The molecule has 3 aromatic rings. The largest absolute Gasteiger partial charge is 0.457 e. The number of carbonyl (C=O) groups excluding carboxylic acids is 1. The van der Waals surface area contributed by atoms with Crippen LogP contribution in [-0.4, -0.2) is 16.9 Å². The highest BCUT2D eigenvalue weighted by atomic mass is 35.5. The van der Waals surface area contributed by atoms with Gasteiger partial charge in [-0.15, -0.1) is 0 Å². The van der Waals surface area contributed by atoms with Gasteiger partial charge >= 0.3 is 5.97 Å². The SMILES string of the molecule is O=C1OC(c2cc(Cl)ccn2)=N/C1=C\c1ccc(-c2ccccc2F)o1. The van der Waals surface area contributed by atoms with E-state index in [0.717, 1.165) is 0 Å². The Labute approximate surface area is 152 Å². The molecule has 1 aliphatic rings. The van der Waals surface area contributed by atoms with Gasteiger partial charge in [-0.25, -0.2) is 14.2 Å². The lowest BCUT2D eigenvalue weighted by Crippen LogP contribution is -2.06. The van der Waals surface area contributed by atoms with Crippen molar-refractivity contribution in [2.75, 3.05) is 0 Å². The van der Waals surface area contributed by atoms with Crippen LogP contribution in [0.5, 0.6) is 0 Å². The Kier molecular flexibility index (Phi) is 4.10. The number of hydrogen-bond acceptors (Lipinski definition) is 5. The first-order valence-electron chi connectivity index (χ1n) is 7.59. The van der Waals surface area contributed by atoms with Crippen LogP contribution in [0, 0.1) is 5.82 Å². The van der Waals surface area contributed by atoms with Crippen molar-refractivity contribution in [2.24, 2.45) is 4.99 Å². The van der Waals surface area contributed by atoms with Crippen LogP contribution in [0.1, 0.15) is 11.5 Å². The standard InChI is InChI=1S/C19H10ClFN2O3/c20-11-7-8-22-15(9-11)18-23-16(19(24)26-18)10-12-5-6-17(25-12)13-3-1-2-4-14(13)21/h1-10H/b16-10-. The van der Waals surface area contributed by atoms with Gasteiger partial charge in [-0.3, -0.25) is 4.98 Å². The Morgan fingerprint density at radius 1 is 1.12 bits per heavy atom. The number of esters is 1. The summed E-state index contributed by atoms with van der Waals surface area (Å²) < 4.78 is 24.5. The van der Waals surface area contributed by atoms with Crippen LogP contribution in [-0.2, 0) is 9.53 Å². The summed E-state index contributed by atoms with van der Waals surface area (Å²) in [6, 6.07) is 12.6. The number of benzene rings is 1. The normalized spacial score (nSPS) is 15.2. The minimum atomic E-state index is -0.634. The second-order valence-corrected chi connectivity index (χ2v) is 5.81. The number of cyclic esters (lactones) is 1. The topological polar surface area (TPSA) is 64.7 Å². The Morgan fingerprint density at radius 2 is 1.96 bits per heavy atom. The van der Waals surface area contributed by atoms with Gasteiger partial charge in [0.05, 0.1) is 5.56 Å². The lowest BCUT2D eigenvalue weighted by Gasteiger charge is -1.98. The molecule has 128 valence electrons. The molecule has 1 aromatic carbocycles. The predicted octanol–water partition coefficient (Wildman–Crippen LogP) is 4.48.